The molecule has 2 heterocycles. The number of rotatable bonds is 5. The van der Waals surface area contributed by atoms with Crippen LogP contribution in [0.2, 0.25) is 5.02 Å². The lowest BCUT2D eigenvalue weighted by molar-refractivity contribution is 0.396. The summed E-state index contributed by atoms with van der Waals surface area (Å²) in [6, 6.07) is 3.50. The van der Waals surface area contributed by atoms with Crippen molar-refractivity contribution in [3.8, 4) is 11.5 Å². The molecule has 126 valence electrons. The third-order valence-electron chi connectivity index (χ3n) is 3.81. The zero-order valence-electron chi connectivity index (χ0n) is 13.9. The highest BCUT2D eigenvalue weighted by Gasteiger charge is 2.16. The van der Waals surface area contributed by atoms with Gasteiger partial charge in [0.25, 0.3) is 5.78 Å². The minimum absolute atomic E-state index is 0.486. The van der Waals surface area contributed by atoms with E-state index in [1.165, 1.54) is 6.33 Å². The van der Waals surface area contributed by atoms with Crippen LogP contribution >= 0.6 is 11.6 Å². The number of hydrogen-bond donors (Lipinski definition) is 1. The molecule has 2 aromatic heterocycles. The molecule has 0 unspecified atom stereocenters. The Morgan fingerprint density at radius 3 is 2.62 bits per heavy atom. The lowest BCUT2D eigenvalue weighted by Gasteiger charge is -2.17. The number of methoxy groups -OCH3 is 2. The molecular formula is C16H18ClN5O2. The van der Waals surface area contributed by atoms with Crippen LogP contribution in [0.4, 0.5) is 11.5 Å². The first-order valence-electron chi connectivity index (χ1n) is 7.46. The lowest BCUT2D eigenvalue weighted by atomic mass is 10.1. The Bertz CT molecular complexity index is 894. The third kappa shape index (κ3) is 2.71. The molecule has 1 N–H and O–H groups in total. The first-order valence-corrected chi connectivity index (χ1v) is 7.84. The van der Waals surface area contributed by atoms with Crippen LogP contribution in [-0.4, -0.2) is 33.8 Å². The van der Waals surface area contributed by atoms with Gasteiger partial charge in [0.15, 0.2) is 0 Å². The number of halogens is 1. The molecule has 1 aromatic carbocycles. The Hall–Kier alpha value is -2.54. The summed E-state index contributed by atoms with van der Waals surface area (Å²) in [7, 11) is 3.16. The molecule has 0 saturated carbocycles. The van der Waals surface area contributed by atoms with E-state index < -0.39 is 0 Å². The van der Waals surface area contributed by atoms with Gasteiger partial charge >= 0.3 is 0 Å². The maximum atomic E-state index is 6.26. The fourth-order valence-electron chi connectivity index (χ4n) is 2.62. The first-order chi connectivity index (χ1) is 11.6. The third-order valence-corrected chi connectivity index (χ3v) is 4.11. The van der Waals surface area contributed by atoms with Crippen molar-refractivity contribution in [3.05, 3.63) is 34.7 Å². The minimum atomic E-state index is 0.486. The molecule has 24 heavy (non-hydrogen) atoms. The van der Waals surface area contributed by atoms with Gasteiger partial charge in [-0.2, -0.15) is 14.6 Å². The van der Waals surface area contributed by atoms with Crippen LogP contribution in [0.25, 0.3) is 5.78 Å². The van der Waals surface area contributed by atoms with Crippen LogP contribution in [0.1, 0.15) is 18.2 Å². The summed E-state index contributed by atoms with van der Waals surface area (Å²) in [5.74, 6) is 2.48. The van der Waals surface area contributed by atoms with Crippen LogP contribution in [0.15, 0.2) is 18.5 Å². The van der Waals surface area contributed by atoms with E-state index in [-0.39, 0.29) is 0 Å². The molecule has 7 nitrogen and oxygen atoms in total. The van der Waals surface area contributed by atoms with E-state index in [1.807, 2.05) is 6.92 Å². The molecule has 0 bridgehead atoms. The summed E-state index contributed by atoms with van der Waals surface area (Å²) in [6.07, 6.45) is 2.27. The van der Waals surface area contributed by atoms with E-state index in [0.29, 0.717) is 28.0 Å². The molecule has 8 heteroatoms. The zero-order chi connectivity index (χ0) is 17.3. The van der Waals surface area contributed by atoms with Crippen LogP contribution in [0.3, 0.4) is 0 Å². The molecule has 0 radical (unpaired) electrons. The number of hydrogen-bond acceptors (Lipinski definition) is 6. The predicted molar refractivity (Wildman–Crippen MR) is 92.7 cm³/mol. The van der Waals surface area contributed by atoms with Crippen molar-refractivity contribution in [2.75, 3.05) is 19.5 Å². The topological polar surface area (TPSA) is 73.6 Å². The van der Waals surface area contributed by atoms with Gasteiger partial charge in [0.1, 0.15) is 23.6 Å². The SMILES string of the molecule is CCc1c(C)nc2ncnn2c1Nc1cc(Cl)c(OC)cc1OC. The van der Waals surface area contributed by atoms with E-state index in [4.69, 9.17) is 21.1 Å². The maximum absolute atomic E-state index is 6.26. The van der Waals surface area contributed by atoms with E-state index in [9.17, 15) is 0 Å². The largest absolute Gasteiger partial charge is 0.495 e. The average Bonchev–Trinajstić information content (AvgIpc) is 3.03. The van der Waals surface area contributed by atoms with Gasteiger partial charge in [-0.25, -0.2) is 4.98 Å². The molecule has 0 aliphatic rings. The van der Waals surface area contributed by atoms with Crippen molar-refractivity contribution >= 4 is 28.9 Å². The lowest BCUT2D eigenvalue weighted by Crippen LogP contribution is -2.09. The Labute approximate surface area is 144 Å². The van der Waals surface area contributed by atoms with Crippen molar-refractivity contribution < 1.29 is 9.47 Å². The Morgan fingerprint density at radius 1 is 1.21 bits per heavy atom. The van der Waals surface area contributed by atoms with Crippen molar-refractivity contribution in [1.29, 1.82) is 0 Å². The molecule has 0 atom stereocenters. The standard InChI is InChI=1S/C16H18ClN5O2/c1-5-10-9(2)20-16-18-8-19-22(16)15(10)21-12-6-11(17)13(23-3)7-14(12)24-4/h6-8,21H,5H2,1-4H3. The highest BCUT2D eigenvalue weighted by molar-refractivity contribution is 6.32. The van der Waals surface area contributed by atoms with Crippen LogP contribution in [0, 0.1) is 6.92 Å². The van der Waals surface area contributed by atoms with E-state index >= 15 is 0 Å². The summed E-state index contributed by atoms with van der Waals surface area (Å²) in [5.41, 5.74) is 2.65. The Balaban J connectivity index is 2.16. The van der Waals surface area contributed by atoms with E-state index in [1.54, 1.807) is 30.9 Å². The first kappa shape index (κ1) is 16.3. The molecule has 0 aliphatic heterocycles. The normalized spacial score (nSPS) is 10.9. The number of benzene rings is 1. The van der Waals surface area contributed by atoms with Gasteiger partial charge < -0.3 is 14.8 Å². The fourth-order valence-corrected chi connectivity index (χ4v) is 2.86. The van der Waals surface area contributed by atoms with E-state index in [2.05, 4.69) is 27.3 Å². The summed E-state index contributed by atoms with van der Waals surface area (Å²) in [4.78, 5) is 8.64. The summed E-state index contributed by atoms with van der Waals surface area (Å²) < 4.78 is 12.4. The summed E-state index contributed by atoms with van der Waals surface area (Å²) >= 11 is 6.26. The second kappa shape index (κ2) is 6.52. The number of aromatic nitrogens is 4. The molecule has 3 rings (SSSR count). The van der Waals surface area contributed by atoms with Gasteiger partial charge in [0.05, 0.1) is 24.9 Å². The molecular weight excluding hydrogens is 330 g/mol. The number of fused-ring (bicyclic) bond motifs is 1. The number of nitrogens with one attached hydrogen (secondary N) is 1. The van der Waals surface area contributed by atoms with Crippen molar-refractivity contribution in [2.24, 2.45) is 0 Å². The quantitative estimate of drug-likeness (QED) is 0.762. The number of nitrogens with zero attached hydrogens (tertiary/aromatic N) is 4. The Kier molecular flexibility index (Phi) is 4.44. The average molecular weight is 348 g/mol. The minimum Gasteiger partial charge on any atom is -0.495 e. The number of aryl methyl sites for hydroxylation is 1. The van der Waals surface area contributed by atoms with Crippen molar-refractivity contribution in [2.45, 2.75) is 20.3 Å². The van der Waals surface area contributed by atoms with Gasteiger partial charge in [-0.3, -0.25) is 0 Å². The fraction of sp³-hybridized carbons (Fsp3) is 0.312. The predicted octanol–water partition coefficient (Wildman–Crippen LogP) is 3.41. The second-order valence-electron chi connectivity index (χ2n) is 5.16. The molecule has 0 saturated heterocycles. The molecule has 0 amide bonds. The van der Waals surface area contributed by atoms with Crippen molar-refractivity contribution in [1.82, 2.24) is 19.6 Å². The molecule has 3 aromatic rings. The molecule has 0 aliphatic carbocycles. The van der Waals surface area contributed by atoms with Gasteiger partial charge in [-0.1, -0.05) is 18.5 Å². The van der Waals surface area contributed by atoms with Gasteiger partial charge in [-0.15, -0.1) is 0 Å². The number of anilines is 2. The summed E-state index contributed by atoms with van der Waals surface area (Å²) in [5, 5.41) is 8.10. The number of ether oxygens (including phenoxy) is 2. The highest BCUT2D eigenvalue weighted by atomic mass is 35.5. The van der Waals surface area contributed by atoms with E-state index in [0.717, 1.165) is 23.5 Å². The maximum Gasteiger partial charge on any atom is 0.254 e. The monoisotopic (exact) mass is 347 g/mol. The van der Waals surface area contributed by atoms with Gasteiger partial charge in [-0.05, 0) is 19.4 Å². The zero-order valence-corrected chi connectivity index (χ0v) is 14.7. The smallest absolute Gasteiger partial charge is 0.254 e. The molecule has 0 spiro atoms. The summed E-state index contributed by atoms with van der Waals surface area (Å²) in [6.45, 7) is 4.02. The van der Waals surface area contributed by atoms with Gasteiger partial charge in [0, 0.05) is 17.3 Å². The van der Waals surface area contributed by atoms with Gasteiger partial charge in [0.2, 0.25) is 0 Å². The second-order valence-corrected chi connectivity index (χ2v) is 5.57. The Morgan fingerprint density at radius 2 is 1.96 bits per heavy atom. The van der Waals surface area contributed by atoms with Crippen LogP contribution in [-0.2, 0) is 6.42 Å². The van der Waals surface area contributed by atoms with Crippen LogP contribution < -0.4 is 14.8 Å². The van der Waals surface area contributed by atoms with Crippen molar-refractivity contribution in [3.63, 3.8) is 0 Å². The van der Waals surface area contributed by atoms with Crippen LogP contribution in [0.5, 0.6) is 11.5 Å². The molecule has 0 fully saturated rings. The highest BCUT2D eigenvalue weighted by Crippen LogP contribution is 2.38.